The van der Waals surface area contributed by atoms with Crippen LogP contribution in [0.1, 0.15) is 18.1 Å². The van der Waals surface area contributed by atoms with Gasteiger partial charge in [0.1, 0.15) is 0 Å². The summed E-state index contributed by atoms with van der Waals surface area (Å²) in [5, 5.41) is 0.973. The van der Waals surface area contributed by atoms with Crippen molar-refractivity contribution >= 4 is 16.9 Å². The highest BCUT2D eigenvalue weighted by atomic mass is 16.5. The Hall–Kier alpha value is -2.55. The van der Waals surface area contributed by atoms with Crippen molar-refractivity contribution in [2.45, 2.75) is 20.4 Å². The first kappa shape index (κ1) is 13.4. The molecule has 0 unspecified atom stereocenters. The molecule has 0 amide bonds. The van der Waals surface area contributed by atoms with Crippen molar-refractivity contribution < 1.29 is 9.53 Å². The first-order chi connectivity index (χ1) is 10.1. The molecule has 0 aliphatic heterocycles. The lowest BCUT2D eigenvalue weighted by atomic mass is 10.1. The fourth-order valence-corrected chi connectivity index (χ4v) is 2.66. The lowest BCUT2D eigenvalue weighted by Gasteiger charge is -2.07. The van der Waals surface area contributed by atoms with Gasteiger partial charge < -0.3 is 9.30 Å². The van der Waals surface area contributed by atoms with E-state index in [4.69, 9.17) is 4.74 Å². The number of ether oxygens (including phenoxy) is 1. The number of hydrogen-bond acceptors (Lipinski definition) is 2. The summed E-state index contributed by atoms with van der Waals surface area (Å²) in [6.45, 7) is 4.25. The Morgan fingerprint density at radius 2 is 1.86 bits per heavy atom. The second kappa shape index (κ2) is 5.44. The number of esters is 1. The smallest absolute Gasteiger partial charge is 0.308 e. The minimum atomic E-state index is -0.296. The number of carbonyl (C=O) groups is 1. The quantitative estimate of drug-likeness (QED) is 0.680. The average molecular weight is 279 g/mol. The van der Waals surface area contributed by atoms with Gasteiger partial charge in [-0.05, 0) is 24.1 Å². The first-order valence-corrected chi connectivity index (χ1v) is 6.96. The monoisotopic (exact) mass is 279 g/mol. The van der Waals surface area contributed by atoms with Gasteiger partial charge in [0, 0.05) is 25.1 Å². The number of hydrogen-bond donors (Lipinski definition) is 0. The highest BCUT2D eigenvalue weighted by molar-refractivity contribution is 5.91. The van der Waals surface area contributed by atoms with Crippen molar-refractivity contribution in [3.63, 3.8) is 0 Å². The molecule has 1 heterocycles. The van der Waals surface area contributed by atoms with Gasteiger partial charge in [0.25, 0.3) is 0 Å². The third kappa shape index (κ3) is 2.68. The molecule has 2 aromatic carbocycles. The molecule has 0 saturated heterocycles. The number of fused-ring (bicyclic) bond motifs is 1. The van der Waals surface area contributed by atoms with E-state index in [2.05, 4.69) is 29.7 Å². The van der Waals surface area contributed by atoms with E-state index in [9.17, 15) is 4.79 Å². The largest absolute Gasteiger partial charge is 0.424 e. The number of rotatable bonds is 3. The summed E-state index contributed by atoms with van der Waals surface area (Å²) in [6, 6.07) is 16.3. The highest BCUT2D eigenvalue weighted by Crippen LogP contribution is 2.31. The summed E-state index contributed by atoms with van der Waals surface area (Å²) in [5.41, 5.74) is 3.49. The van der Waals surface area contributed by atoms with E-state index in [0.29, 0.717) is 5.75 Å². The molecule has 3 rings (SSSR count). The molecule has 0 spiro atoms. The summed E-state index contributed by atoms with van der Waals surface area (Å²) in [5.74, 6) is 0.326. The van der Waals surface area contributed by atoms with Crippen molar-refractivity contribution in [1.82, 2.24) is 4.57 Å². The zero-order valence-electron chi connectivity index (χ0n) is 12.2. The summed E-state index contributed by atoms with van der Waals surface area (Å²) in [7, 11) is 0. The van der Waals surface area contributed by atoms with Crippen LogP contribution in [0.15, 0.2) is 54.7 Å². The highest BCUT2D eigenvalue weighted by Gasteiger charge is 2.13. The molecule has 0 bridgehead atoms. The van der Waals surface area contributed by atoms with E-state index in [1.54, 1.807) is 0 Å². The second-order valence-corrected chi connectivity index (χ2v) is 5.17. The van der Waals surface area contributed by atoms with Gasteiger partial charge in [0.2, 0.25) is 0 Å². The molecule has 3 heteroatoms. The Labute approximate surface area is 123 Å². The SMILES string of the molecule is CC(=O)Oc1cn(Cc2ccccc2)c2c(C)cccc12. The Morgan fingerprint density at radius 1 is 1.10 bits per heavy atom. The van der Waals surface area contributed by atoms with E-state index in [-0.39, 0.29) is 5.97 Å². The van der Waals surface area contributed by atoms with Crippen LogP contribution < -0.4 is 4.74 Å². The average Bonchev–Trinajstić information content (AvgIpc) is 2.79. The predicted octanol–water partition coefficient (Wildman–Crippen LogP) is 3.92. The summed E-state index contributed by atoms with van der Waals surface area (Å²) in [4.78, 5) is 11.3. The summed E-state index contributed by atoms with van der Waals surface area (Å²) < 4.78 is 7.48. The maximum Gasteiger partial charge on any atom is 0.308 e. The normalized spacial score (nSPS) is 10.8. The van der Waals surface area contributed by atoms with E-state index in [0.717, 1.165) is 17.4 Å². The molecule has 3 nitrogen and oxygen atoms in total. The van der Waals surface area contributed by atoms with Gasteiger partial charge in [-0.2, -0.15) is 0 Å². The van der Waals surface area contributed by atoms with Gasteiger partial charge in [0.05, 0.1) is 5.52 Å². The third-order valence-electron chi connectivity index (χ3n) is 3.51. The summed E-state index contributed by atoms with van der Waals surface area (Å²) in [6.07, 6.45) is 1.91. The molecule has 106 valence electrons. The van der Waals surface area contributed by atoms with Crippen LogP contribution in [0.3, 0.4) is 0 Å². The zero-order valence-corrected chi connectivity index (χ0v) is 12.2. The molecule has 0 radical (unpaired) electrons. The lowest BCUT2D eigenvalue weighted by molar-refractivity contribution is -0.131. The number of nitrogens with zero attached hydrogens (tertiary/aromatic N) is 1. The van der Waals surface area contributed by atoms with Crippen molar-refractivity contribution in [3.8, 4) is 5.75 Å². The van der Waals surface area contributed by atoms with E-state index in [1.807, 2.05) is 36.5 Å². The number of aryl methyl sites for hydroxylation is 1. The zero-order chi connectivity index (χ0) is 14.8. The Kier molecular flexibility index (Phi) is 3.48. The Morgan fingerprint density at radius 3 is 2.57 bits per heavy atom. The standard InChI is InChI=1S/C18H17NO2/c1-13-7-6-10-16-17(21-14(2)20)12-19(18(13)16)11-15-8-4-3-5-9-15/h3-10,12H,11H2,1-2H3. The van der Waals surface area contributed by atoms with Crippen molar-refractivity contribution in [2.24, 2.45) is 0 Å². The fraction of sp³-hybridized carbons (Fsp3) is 0.167. The third-order valence-corrected chi connectivity index (χ3v) is 3.51. The second-order valence-electron chi connectivity index (χ2n) is 5.17. The van der Waals surface area contributed by atoms with Crippen LogP contribution in [0.5, 0.6) is 5.75 Å². The minimum Gasteiger partial charge on any atom is -0.424 e. The van der Waals surface area contributed by atoms with Gasteiger partial charge in [-0.15, -0.1) is 0 Å². The number of aromatic nitrogens is 1. The molecular weight excluding hydrogens is 262 g/mol. The topological polar surface area (TPSA) is 31.2 Å². The van der Waals surface area contributed by atoms with Crippen LogP contribution in [0.4, 0.5) is 0 Å². The molecule has 0 atom stereocenters. The maximum atomic E-state index is 11.3. The molecule has 0 saturated carbocycles. The van der Waals surface area contributed by atoms with Crippen LogP contribution in [0.2, 0.25) is 0 Å². The minimum absolute atomic E-state index is 0.296. The Balaban J connectivity index is 2.11. The first-order valence-electron chi connectivity index (χ1n) is 6.96. The van der Waals surface area contributed by atoms with Gasteiger partial charge in [-0.25, -0.2) is 0 Å². The van der Waals surface area contributed by atoms with Gasteiger partial charge in [-0.3, -0.25) is 4.79 Å². The van der Waals surface area contributed by atoms with E-state index >= 15 is 0 Å². The molecular formula is C18H17NO2. The molecule has 1 aromatic heterocycles. The molecule has 21 heavy (non-hydrogen) atoms. The summed E-state index contributed by atoms with van der Waals surface area (Å²) >= 11 is 0. The van der Waals surface area contributed by atoms with Crippen molar-refractivity contribution in [2.75, 3.05) is 0 Å². The fourth-order valence-electron chi connectivity index (χ4n) is 2.66. The van der Waals surface area contributed by atoms with Crippen molar-refractivity contribution in [1.29, 1.82) is 0 Å². The molecule has 0 aliphatic carbocycles. The number of benzene rings is 2. The molecule has 0 fully saturated rings. The predicted molar refractivity (Wildman–Crippen MR) is 83.5 cm³/mol. The van der Waals surface area contributed by atoms with Gasteiger partial charge in [-0.1, -0.05) is 42.5 Å². The number of carbonyl (C=O) groups excluding carboxylic acids is 1. The van der Waals surface area contributed by atoms with Gasteiger partial charge in [0.15, 0.2) is 5.75 Å². The van der Waals surface area contributed by atoms with Crippen molar-refractivity contribution in [3.05, 3.63) is 65.9 Å². The maximum absolute atomic E-state index is 11.3. The van der Waals surface area contributed by atoms with Crippen LogP contribution in [-0.4, -0.2) is 10.5 Å². The van der Waals surface area contributed by atoms with Crippen LogP contribution >= 0.6 is 0 Å². The molecule has 0 aliphatic rings. The van der Waals surface area contributed by atoms with Gasteiger partial charge >= 0.3 is 5.97 Å². The number of para-hydroxylation sites is 1. The van der Waals surface area contributed by atoms with Crippen LogP contribution in [-0.2, 0) is 11.3 Å². The van der Waals surface area contributed by atoms with Crippen LogP contribution in [0, 0.1) is 6.92 Å². The Bertz CT molecular complexity index is 788. The lowest BCUT2D eigenvalue weighted by Crippen LogP contribution is -2.01. The van der Waals surface area contributed by atoms with Crippen LogP contribution in [0.25, 0.3) is 10.9 Å². The molecule has 0 N–H and O–H groups in total. The van der Waals surface area contributed by atoms with E-state index < -0.39 is 0 Å². The van der Waals surface area contributed by atoms with E-state index in [1.165, 1.54) is 18.1 Å². The molecule has 3 aromatic rings.